The number of thioether (sulfide) groups is 1. The topological polar surface area (TPSA) is 127 Å². The fourth-order valence-electron chi connectivity index (χ4n) is 4.00. The van der Waals surface area contributed by atoms with Gasteiger partial charge in [-0.25, -0.2) is 14.8 Å². The third kappa shape index (κ3) is 5.27. The number of amides is 2. The number of hydrogen-bond donors (Lipinski definition) is 2. The van der Waals surface area contributed by atoms with Crippen molar-refractivity contribution in [3.63, 3.8) is 0 Å². The van der Waals surface area contributed by atoms with Crippen LogP contribution in [0.25, 0.3) is 5.65 Å². The molecule has 3 aromatic rings. The summed E-state index contributed by atoms with van der Waals surface area (Å²) in [6, 6.07) is 5.75. The van der Waals surface area contributed by atoms with E-state index in [2.05, 4.69) is 20.2 Å². The molecule has 0 aliphatic carbocycles. The van der Waals surface area contributed by atoms with Gasteiger partial charge in [0.25, 0.3) is 5.91 Å². The Kier molecular flexibility index (Phi) is 7.16. The lowest BCUT2D eigenvalue weighted by molar-refractivity contribution is 0.0240. The molecule has 0 atom stereocenters. The fourth-order valence-corrected chi connectivity index (χ4v) is 4.52. The Morgan fingerprint density at radius 2 is 1.89 bits per heavy atom. The molecule has 2 amide bonds. The van der Waals surface area contributed by atoms with Gasteiger partial charge in [0.2, 0.25) is 0 Å². The molecule has 0 bridgehead atoms. The van der Waals surface area contributed by atoms with Crippen LogP contribution in [-0.2, 0) is 4.74 Å². The molecule has 3 N–H and O–H groups in total. The Morgan fingerprint density at radius 3 is 2.50 bits per heavy atom. The molecule has 0 unspecified atom stereocenters. The summed E-state index contributed by atoms with van der Waals surface area (Å²) in [4.78, 5) is 37.5. The van der Waals surface area contributed by atoms with Crippen molar-refractivity contribution < 1.29 is 19.1 Å². The van der Waals surface area contributed by atoms with Crippen molar-refractivity contribution in [3.8, 4) is 5.75 Å². The lowest BCUT2D eigenvalue weighted by atomic mass is 10.2. The molecule has 1 aromatic carbocycles. The highest BCUT2D eigenvalue weighted by Crippen LogP contribution is 2.34. The Balaban J connectivity index is 1.55. The monoisotopic (exact) mass is 513 g/mol. The second-order valence-electron chi connectivity index (χ2n) is 9.27. The molecule has 1 aliphatic heterocycles. The minimum absolute atomic E-state index is 0.196. The molecule has 0 saturated carbocycles. The van der Waals surface area contributed by atoms with Gasteiger partial charge in [-0.3, -0.25) is 9.20 Å². The number of primary amides is 1. The number of anilines is 3. The molecule has 11 nitrogen and oxygen atoms in total. The van der Waals surface area contributed by atoms with E-state index in [1.54, 1.807) is 28.8 Å². The Labute approximate surface area is 214 Å². The van der Waals surface area contributed by atoms with E-state index in [1.807, 2.05) is 45.2 Å². The molecule has 1 fully saturated rings. The van der Waals surface area contributed by atoms with Crippen LogP contribution in [0.1, 0.15) is 31.1 Å². The van der Waals surface area contributed by atoms with Gasteiger partial charge >= 0.3 is 6.09 Å². The van der Waals surface area contributed by atoms with Crippen LogP contribution >= 0.6 is 11.8 Å². The van der Waals surface area contributed by atoms with Crippen LogP contribution in [0.5, 0.6) is 5.75 Å². The minimum atomic E-state index is -0.632. The van der Waals surface area contributed by atoms with Gasteiger partial charge in [-0.05, 0) is 39.2 Å². The molecule has 4 rings (SSSR count). The quantitative estimate of drug-likeness (QED) is 0.377. The van der Waals surface area contributed by atoms with Crippen molar-refractivity contribution in [3.05, 3.63) is 36.2 Å². The summed E-state index contributed by atoms with van der Waals surface area (Å²) in [6.45, 7) is 8.03. The molecule has 2 aromatic heterocycles. The second kappa shape index (κ2) is 10.1. The number of carbonyl (C=O) groups is 2. The maximum absolute atomic E-state index is 12.4. The number of nitrogens with two attached hydrogens (primary N) is 1. The smallest absolute Gasteiger partial charge is 0.410 e. The lowest BCUT2D eigenvalue weighted by Crippen LogP contribution is -2.50. The van der Waals surface area contributed by atoms with E-state index < -0.39 is 11.5 Å². The summed E-state index contributed by atoms with van der Waals surface area (Å²) in [5.41, 5.74) is 7.39. The second-order valence-corrected chi connectivity index (χ2v) is 10.0. The van der Waals surface area contributed by atoms with Gasteiger partial charge < -0.3 is 30.3 Å². The van der Waals surface area contributed by atoms with Crippen LogP contribution in [0.2, 0.25) is 0 Å². The van der Waals surface area contributed by atoms with E-state index in [9.17, 15) is 9.59 Å². The Bertz CT molecular complexity index is 1280. The zero-order valence-electron chi connectivity index (χ0n) is 21.1. The van der Waals surface area contributed by atoms with Gasteiger partial charge in [0.1, 0.15) is 22.7 Å². The van der Waals surface area contributed by atoms with Crippen LogP contribution < -0.4 is 20.7 Å². The standard InChI is InChI=1S/C24H31N7O4S/c1-24(2,3)35-23(33)30-12-10-29(11-13-30)15-6-7-16(17(14-15)34-4)27-20-18(19(25)32)21-26-8-9-31(21)22(28-20)36-5/h6-9,14,27H,10-13H2,1-5H3,(H2,25,32). The van der Waals surface area contributed by atoms with Gasteiger partial charge in [-0.15, -0.1) is 0 Å². The zero-order valence-corrected chi connectivity index (χ0v) is 21.9. The summed E-state index contributed by atoms with van der Waals surface area (Å²) >= 11 is 1.43. The number of nitrogens with one attached hydrogen (secondary N) is 1. The first-order chi connectivity index (χ1) is 17.1. The van der Waals surface area contributed by atoms with Gasteiger partial charge in [-0.1, -0.05) is 11.8 Å². The first kappa shape index (κ1) is 25.4. The third-order valence-corrected chi connectivity index (χ3v) is 6.33. The number of carbonyl (C=O) groups excluding carboxylic acids is 2. The lowest BCUT2D eigenvalue weighted by Gasteiger charge is -2.37. The number of benzene rings is 1. The van der Waals surface area contributed by atoms with Gasteiger partial charge in [0.05, 0.1) is 12.8 Å². The van der Waals surface area contributed by atoms with Crippen molar-refractivity contribution in [1.82, 2.24) is 19.3 Å². The Hall–Kier alpha value is -3.67. The third-order valence-electron chi connectivity index (χ3n) is 5.68. The average Bonchev–Trinajstić information content (AvgIpc) is 3.32. The predicted octanol–water partition coefficient (Wildman–Crippen LogP) is 3.36. The van der Waals surface area contributed by atoms with Crippen LogP contribution in [0.15, 0.2) is 35.7 Å². The number of hydrogen-bond acceptors (Lipinski definition) is 9. The molecule has 12 heteroatoms. The molecular formula is C24H31N7O4S. The highest BCUT2D eigenvalue weighted by Gasteiger charge is 2.26. The van der Waals surface area contributed by atoms with E-state index in [4.69, 9.17) is 15.2 Å². The predicted molar refractivity (Wildman–Crippen MR) is 140 cm³/mol. The average molecular weight is 514 g/mol. The summed E-state index contributed by atoms with van der Waals surface area (Å²) < 4.78 is 12.9. The van der Waals surface area contributed by atoms with Crippen molar-refractivity contribution in [2.24, 2.45) is 5.73 Å². The number of aromatic nitrogens is 3. The summed E-state index contributed by atoms with van der Waals surface area (Å²) in [5, 5.41) is 3.87. The molecule has 192 valence electrons. The fraction of sp³-hybridized carbons (Fsp3) is 0.417. The van der Waals surface area contributed by atoms with E-state index in [-0.39, 0.29) is 11.7 Å². The van der Waals surface area contributed by atoms with Gasteiger partial charge in [0.15, 0.2) is 10.8 Å². The van der Waals surface area contributed by atoms with Gasteiger partial charge in [-0.2, -0.15) is 0 Å². The molecule has 36 heavy (non-hydrogen) atoms. The van der Waals surface area contributed by atoms with Crippen LogP contribution in [0.4, 0.5) is 22.0 Å². The number of rotatable bonds is 6. The number of ether oxygens (including phenoxy) is 2. The number of methoxy groups -OCH3 is 1. The van der Waals surface area contributed by atoms with Crippen LogP contribution in [0.3, 0.4) is 0 Å². The number of piperazine rings is 1. The summed E-state index contributed by atoms with van der Waals surface area (Å²) in [5.74, 6) is 0.253. The van der Waals surface area contributed by atoms with Crippen molar-refractivity contribution >= 4 is 46.6 Å². The van der Waals surface area contributed by atoms with E-state index >= 15 is 0 Å². The van der Waals surface area contributed by atoms with Crippen LogP contribution in [0, 0.1) is 0 Å². The van der Waals surface area contributed by atoms with Crippen LogP contribution in [-0.4, -0.2) is 76.4 Å². The highest BCUT2D eigenvalue weighted by atomic mass is 32.2. The van der Waals surface area contributed by atoms with Gasteiger partial charge in [0, 0.05) is 50.3 Å². The van der Waals surface area contributed by atoms with Crippen molar-refractivity contribution in [2.45, 2.75) is 31.5 Å². The zero-order chi connectivity index (χ0) is 26.0. The maximum Gasteiger partial charge on any atom is 0.410 e. The molecule has 3 heterocycles. The highest BCUT2D eigenvalue weighted by molar-refractivity contribution is 7.98. The SMILES string of the molecule is COc1cc(N2CCN(C(=O)OC(C)(C)C)CC2)ccc1Nc1nc(SC)n2ccnc2c1C(N)=O. The summed E-state index contributed by atoms with van der Waals surface area (Å²) in [7, 11) is 1.58. The molecule has 0 spiro atoms. The number of nitrogens with zero attached hydrogens (tertiary/aromatic N) is 5. The molecule has 1 saturated heterocycles. The Morgan fingerprint density at radius 1 is 1.17 bits per heavy atom. The van der Waals surface area contributed by atoms with Crippen molar-refractivity contribution in [1.29, 1.82) is 0 Å². The first-order valence-corrected chi connectivity index (χ1v) is 12.7. The largest absolute Gasteiger partial charge is 0.494 e. The molecular weight excluding hydrogens is 482 g/mol. The van der Waals surface area contributed by atoms with E-state index in [0.29, 0.717) is 54.2 Å². The van der Waals surface area contributed by atoms with E-state index in [1.165, 1.54) is 11.8 Å². The number of fused-ring (bicyclic) bond motifs is 1. The summed E-state index contributed by atoms with van der Waals surface area (Å²) in [6.07, 6.45) is 4.94. The first-order valence-electron chi connectivity index (χ1n) is 11.5. The normalized spacial score (nSPS) is 14.1. The molecule has 0 radical (unpaired) electrons. The molecule has 1 aliphatic rings. The van der Waals surface area contributed by atoms with Crippen molar-refractivity contribution in [2.75, 3.05) is 49.8 Å². The number of imidazole rings is 1. The maximum atomic E-state index is 12.4. The van der Waals surface area contributed by atoms with E-state index in [0.717, 1.165) is 5.69 Å². The minimum Gasteiger partial charge on any atom is -0.494 e.